The Morgan fingerprint density at radius 3 is 2.22 bits per heavy atom. The lowest BCUT2D eigenvalue weighted by atomic mass is 10.1. The van der Waals surface area contributed by atoms with E-state index in [1.807, 2.05) is 51.7 Å². The number of rotatable bonds is 4. The lowest BCUT2D eigenvalue weighted by molar-refractivity contribution is 0.0773. The number of nitrogens with one attached hydrogen (secondary N) is 1. The lowest BCUT2D eigenvalue weighted by Gasteiger charge is -2.38. The Bertz CT molecular complexity index is 671. The van der Waals surface area contributed by atoms with Crippen molar-refractivity contribution in [3.63, 3.8) is 0 Å². The molecular weight excluding hydrogens is 342 g/mol. The Hall–Kier alpha value is -2.44. The predicted octanol–water partition coefficient (Wildman–Crippen LogP) is 2.38. The first-order valence-corrected chi connectivity index (χ1v) is 9.67. The smallest absolute Gasteiger partial charge is 0.317 e. The van der Waals surface area contributed by atoms with Gasteiger partial charge in [0.2, 0.25) is 0 Å². The highest BCUT2D eigenvalue weighted by molar-refractivity contribution is 6.00. The van der Waals surface area contributed by atoms with Gasteiger partial charge >= 0.3 is 6.03 Å². The molecule has 0 atom stereocenters. The van der Waals surface area contributed by atoms with Crippen LogP contribution >= 0.6 is 0 Å². The van der Waals surface area contributed by atoms with Crippen molar-refractivity contribution >= 4 is 23.3 Å². The molecule has 1 aliphatic heterocycles. The summed E-state index contributed by atoms with van der Waals surface area (Å²) in [5, 5.41) is 3.00. The molecule has 1 aromatic carbocycles. The average Bonchev–Trinajstić information content (AvgIpc) is 2.61. The summed E-state index contributed by atoms with van der Waals surface area (Å²) in [7, 11) is 0. The van der Waals surface area contributed by atoms with Crippen LogP contribution in [-0.2, 0) is 0 Å². The molecule has 0 radical (unpaired) electrons. The molecule has 2 rings (SSSR count). The van der Waals surface area contributed by atoms with Crippen LogP contribution < -0.4 is 16.0 Å². The Balaban J connectivity index is 2.14. The zero-order valence-corrected chi connectivity index (χ0v) is 17.2. The molecule has 0 bridgehead atoms. The summed E-state index contributed by atoms with van der Waals surface area (Å²) in [4.78, 5) is 31.1. The van der Waals surface area contributed by atoms with Crippen LogP contribution in [0.15, 0.2) is 18.2 Å². The van der Waals surface area contributed by atoms with E-state index in [9.17, 15) is 9.59 Å². The van der Waals surface area contributed by atoms with Crippen molar-refractivity contribution in [2.24, 2.45) is 0 Å². The van der Waals surface area contributed by atoms with Crippen LogP contribution in [0.3, 0.4) is 0 Å². The van der Waals surface area contributed by atoms with E-state index in [0.29, 0.717) is 50.5 Å². The molecule has 1 aromatic rings. The second kappa shape index (κ2) is 8.50. The topological polar surface area (TPSA) is 81.9 Å². The SMILES string of the molecule is CCN(CC)C(=O)c1cc(N)ccc1N1CCN(C(=O)NC(C)(C)C)CC1. The molecule has 0 aliphatic carbocycles. The molecule has 0 spiro atoms. The molecule has 27 heavy (non-hydrogen) atoms. The minimum atomic E-state index is -0.255. The summed E-state index contributed by atoms with van der Waals surface area (Å²) >= 11 is 0. The first-order valence-electron chi connectivity index (χ1n) is 9.67. The lowest BCUT2D eigenvalue weighted by Crippen LogP contribution is -2.55. The van der Waals surface area contributed by atoms with Crippen molar-refractivity contribution in [2.75, 3.05) is 49.9 Å². The van der Waals surface area contributed by atoms with Crippen LogP contribution in [0.2, 0.25) is 0 Å². The highest BCUT2D eigenvalue weighted by atomic mass is 16.2. The van der Waals surface area contributed by atoms with E-state index >= 15 is 0 Å². The number of anilines is 2. The number of urea groups is 1. The van der Waals surface area contributed by atoms with Crippen molar-refractivity contribution in [1.29, 1.82) is 0 Å². The van der Waals surface area contributed by atoms with Gasteiger partial charge in [-0.15, -0.1) is 0 Å². The number of carbonyl (C=O) groups excluding carboxylic acids is 2. The highest BCUT2D eigenvalue weighted by Gasteiger charge is 2.27. The Morgan fingerprint density at radius 1 is 1.11 bits per heavy atom. The fourth-order valence-corrected chi connectivity index (χ4v) is 3.23. The van der Waals surface area contributed by atoms with Gasteiger partial charge in [-0.1, -0.05) is 0 Å². The molecule has 0 unspecified atom stereocenters. The van der Waals surface area contributed by atoms with Crippen molar-refractivity contribution in [3.05, 3.63) is 23.8 Å². The second-order valence-electron chi connectivity index (χ2n) is 7.91. The number of nitrogens with two attached hydrogens (primary N) is 1. The summed E-state index contributed by atoms with van der Waals surface area (Å²) in [6.45, 7) is 13.8. The third-order valence-electron chi connectivity index (χ3n) is 4.69. The minimum absolute atomic E-state index is 0.00444. The van der Waals surface area contributed by atoms with Crippen LogP contribution in [0.4, 0.5) is 16.2 Å². The summed E-state index contributed by atoms with van der Waals surface area (Å²) < 4.78 is 0. The van der Waals surface area contributed by atoms with E-state index in [1.165, 1.54) is 0 Å². The minimum Gasteiger partial charge on any atom is -0.399 e. The molecule has 0 saturated carbocycles. The fraction of sp³-hybridized carbons (Fsp3) is 0.600. The van der Waals surface area contributed by atoms with Crippen molar-refractivity contribution in [3.8, 4) is 0 Å². The molecule has 150 valence electrons. The first-order chi connectivity index (χ1) is 12.7. The summed E-state index contributed by atoms with van der Waals surface area (Å²) in [5.74, 6) is -0.00444. The van der Waals surface area contributed by atoms with E-state index in [0.717, 1.165) is 5.69 Å². The van der Waals surface area contributed by atoms with E-state index in [1.54, 1.807) is 11.0 Å². The fourth-order valence-electron chi connectivity index (χ4n) is 3.23. The number of amides is 3. The molecule has 7 nitrogen and oxygen atoms in total. The quantitative estimate of drug-likeness (QED) is 0.792. The van der Waals surface area contributed by atoms with Gasteiger partial charge in [-0.25, -0.2) is 4.79 Å². The summed E-state index contributed by atoms with van der Waals surface area (Å²) in [6.07, 6.45) is 0. The zero-order valence-electron chi connectivity index (χ0n) is 17.2. The standard InChI is InChI=1S/C20H33N5O2/c1-6-23(7-2)18(26)16-14-15(21)8-9-17(16)24-10-12-25(13-11-24)19(27)22-20(3,4)5/h8-9,14H,6-7,10-13,21H2,1-5H3,(H,22,27). The molecule has 3 N–H and O–H groups in total. The normalized spacial score (nSPS) is 14.9. The molecule has 1 heterocycles. The van der Waals surface area contributed by atoms with Crippen molar-refractivity contribution < 1.29 is 9.59 Å². The Morgan fingerprint density at radius 2 is 1.70 bits per heavy atom. The van der Waals surface area contributed by atoms with Crippen LogP contribution in [-0.4, -0.2) is 66.5 Å². The number of carbonyl (C=O) groups is 2. The molecule has 1 fully saturated rings. The number of hydrogen-bond donors (Lipinski definition) is 2. The van der Waals surface area contributed by atoms with E-state index < -0.39 is 0 Å². The summed E-state index contributed by atoms with van der Waals surface area (Å²) in [5.41, 5.74) is 7.79. The molecule has 3 amide bonds. The highest BCUT2D eigenvalue weighted by Crippen LogP contribution is 2.26. The van der Waals surface area contributed by atoms with Gasteiger partial charge in [-0.3, -0.25) is 4.79 Å². The Kier molecular flexibility index (Phi) is 6.57. The van der Waals surface area contributed by atoms with Crippen LogP contribution in [0, 0.1) is 0 Å². The van der Waals surface area contributed by atoms with E-state index in [4.69, 9.17) is 5.73 Å². The van der Waals surface area contributed by atoms with Crippen molar-refractivity contribution in [2.45, 2.75) is 40.2 Å². The van der Waals surface area contributed by atoms with E-state index in [-0.39, 0.29) is 17.5 Å². The maximum Gasteiger partial charge on any atom is 0.317 e. The predicted molar refractivity (Wildman–Crippen MR) is 110 cm³/mol. The maximum absolute atomic E-state index is 12.9. The monoisotopic (exact) mass is 375 g/mol. The average molecular weight is 376 g/mol. The number of hydrogen-bond acceptors (Lipinski definition) is 4. The number of nitrogen functional groups attached to an aromatic ring is 1. The van der Waals surface area contributed by atoms with Crippen molar-refractivity contribution in [1.82, 2.24) is 15.1 Å². The zero-order chi connectivity index (χ0) is 20.2. The van der Waals surface area contributed by atoms with Gasteiger partial charge in [0.25, 0.3) is 5.91 Å². The Labute approximate surface area is 162 Å². The van der Waals surface area contributed by atoms with Gasteiger partial charge in [0.15, 0.2) is 0 Å². The van der Waals surface area contributed by atoms with Gasteiger partial charge in [-0.2, -0.15) is 0 Å². The first kappa shape index (κ1) is 20.9. The maximum atomic E-state index is 12.9. The third kappa shape index (κ3) is 5.28. The number of benzene rings is 1. The molecule has 1 saturated heterocycles. The van der Waals surface area contributed by atoms with Crippen LogP contribution in [0.5, 0.6) is 0 Å². The van der Waals surface area contributed by atoms with Crippen LogP contribution in [0.25, 0.3) is 0 Å². The van der Waals surface area contributed by atoms with Gasteiger partial charge in [0, 0.05) is 56.2 Å². The number of nitrogens with zero attached hydrogens (tertiary/aromatic N) is 3. The van der Waals surface area contributed by atoms with Gasteiger partial charge in [0.05, 0.1) is 5.56 Å². The van der Waals surface area contributed by atoms with Crippen LogP contribution in [0.1, 0.15) is 45.0 Å². The molecule has 1 aliphatic rings. The molecular formula is C20H33N5O2. The second-order valence-corrected chi connectivity index (χ2v) is 7.91. The molecule has 0 aromatic heterocycles. The van der Waals surface area contributed by atoms with E-state index in [2.05, 4.69) is 10.2 Å². The summed E-state index contributed by atoms with van der Waals surface area (Å²) in [6, 6.07) is 5.46. The number of piperazine rings is 1. The van der Waals surface area contributed by atoms with Gasteiger partial charge < -0.3 is 25.8 Å². The van der Waals surface area contributed by atoms with Gasteiger partial charge in [-0.05, 0) is 52.8 Å². The van der Waals surface area contributed by atoms with Gasteiger partial charge in [0.1, 0.15) is 0 Å². The third-order valence-corrected chi connectivity index (χ3v) is 4.69. The largest absolute Gasteiger partial charge is 0.399 e. The molecule has 7 heteroatoms.